The fraction of sp³-hybridized carbons (Fsp3) is 0.588. The van der Waals surface area contributed by atoms with Crippen LogP contribution < -0.4 is 10.5 Å². The summed E-state index contributed by atoms with van der Waals surface area (Å²) < 4.78 is 13.0. The highest BCUT2D eigenvalue weighted by atomic mass is 16.6. The zero-order valence-corrected chi connectivity index (χ0v) is 14.8. The summed E-state index contributed by atoms with van der Waals surface area (Å²) in [5.74, 6) is 0.173. The summed E-state index contributed by atoms with van der Waals surface area (Å²) in [7, 11) is 0. The normalized spacial score (nSPS) is 17.7. The predicted molar refractivity (Wildman–Crippen MR) is 95.2 cm³/mol. The summed E-state index contributed by atoms with van der Waals surface area (Å²) >= 11 is 0. The van der Waals surface area contributed by atoms with Crippen LogP contribution in [0.5, 0.6) is 6.01 Å². The second-order valence-electron chi connectivity index (χ2n) is 6.52. The van der Waals surface area contributed by atoms with Gasteiger partial charge in [-0.2, -0.15) is 9.97 Å². The molecule has 1 fully saturated rings. The van der Waals surface area contributed by atoms with Crippen LogP contribution in [-0.4, -0.2) is 48.2 Å². The predicted octanol–water partition coefficient (Wildman–Crippen LogP) is 1.52. The van der Waals surface area contributed by atoms with E-state index in [1.165, 1.54) is 10.9 Å². The first-order valence-electron chi connectivity index (χ1n) is 8.78. The molecule has 2 atom stereocenters. The molecule has 2 aromatic heterocycles. The highest BCUT2D eigenvalue weighted by Crippen LogP contribution is 2.27. The zero-order chi connectivity index (χ0) is 18.7. The first-order valence-corrected chi connectivity index (χ1v) is 8.78. The summed E-state index contributed by atoms with van der Waals surface area (Å²) in [5.41, 5.74) is 6.67. The summed E-state index contributed by atoms with van der Waals surface area (Å²) in [6.07, 6.45) is 4.76. The number of nitrogens with two attached hydrogens (primary N) is 1. The fourth-order valence-corrected chi connectivity index (χ4v) is 3.12. The Morgan fingerprint density at radius 1 is 1.38 bits per heavy atom. The van der Waals surface area contributed by atoms with Crippen LogP contribution in [0.2, 0.25) is 0 Å². The minimum atomic E-state index is -1.77. The zero-order valence-electron chi connectivity index (χ0n) is 14.8. The van der Waals surface area contributed by atoms with E-state index in [4.69, 9.17) is 15.2 Å². The van der Waals surface area contributed by atoms with Crippen molar-refractivity contribution in [2.75, 3.05) is 5.73 Å². The highest BCUT2D eigenvalue weighted by molar-refractivity contribution is 5.82. The van der Waals surface area contributed by atoms with E-state index < -0.39 is 12.5 Å². The molecule has 0 aliphatic heterocycles. The molecule has 1 aliphatic rings. The number of aliphatic hydroxyl groups excluding tert-OH is 1. The molecule has 142 valence electrons. The number of hydrogen-bond donors (Lipinski definition) is 3. The molecule has 26 heavy (non-hydrogen) atoms. The number of nitrogens with zero attached hydrogens (tertiary/aromatic N) is 4. The van der Waals surface area contributed by atoms with Gasteiger partial charge in [0.05, 0.1) is 12.4 Å². The molecule has 9 nitrogen and oxygen atoms in total. The Morgan fingerprint density at radius 3 is 2.77 bits per heavy atom. The first kappa shape index (κ1) is 18.6. The second kappa shape index (κ2) is 7.98. The lowest BCUT2D eigenvalue weighted by Crippen LogP contribution is -2.29. The Balaban J connectivity index is 1.93. The number of aliphatic hydroxyl groups is 2. The molecule has 0 radical (unpaired) electrons. The SMILES string of the molecule is C=CC[C@@H](C)O[C@H](C(O)O)n1cnc2c(N)nc(OC3CCCC3)nc21. The Morgan fingerprint density at radius 2 is 2.12 bits per heavy atom. The molecule has 0 aromatic carbocycles. The van der Waals surface area contributed by atoms with Gasteiger partial charge in [-0.05, 0) is 39.0 Å². The highest BCUT2D eigenvalue weighted by Gasteiger charge is 2.26. The lowest BCUT2D eigenvalue weighted by Gasteiger charge is -2.24. The number of imidazole rings is 1. The smallest absolute Gasteiger partial charge is 0.320 e. The number of anilines is 1. The molecule has 2 aromatic rings. The number of fused-ring (bicyclic) bond motifs is 1. The van der Waals surface area contributed by atoms with Gasteiger partial charge in [-0.3, -0.25) is 4.57 Å². The number of rotatable bonds is 8. The summed E-state index contributed by atoms with van der Waals surface area (Å²) in [6, 6.07) is 0.161. The second-order valence-corrected chi connectivity index (χ2v) is 6.52. The average Bonchev–Trinajstić information content (AvgIpc) is 3.22. The number of aromatic nitrogens is 4. The van der Waals surface area contributed by atoms with Gasteiger partial charge in [-0.1, -0.05) is 6.08 Å². The van der Waals surface area contributed by atoms with E-state index in [0.29, 0.717) is 17.6 Å². The average molecular weight is 363 g/mol. The monoisotopic (exact) mass is 363 g/mol. The topological polar surface area (TPSA) is 129 Å². The van der Waals surface area contributed by atoms with Crippen molar-refractivity contribution < 1.29 is 19.7 Å². The summed E-state index contributed by atoms with van der Waals surface area (Å²) in [5, 5.41) is 19.6. The molecule has 1 saturated carbocycles. The van der Waals surface area contributed by atoms with Crippen LogP contribution in [0, 0.1) is 0 Å². The molecule has 3 rings (SSSR count). The first-order chi connectivity index (χ1) is 12.5. The maximum absolute atomic E-state index is 9.78. The summed E-state index contributed by atoms with van der Waals surface area (Å²) in [4.78, 5) is 12.7. The van der Waals surface area contributed by atoms with Gasteiger partial charge in [0, 0.05) is 0 Å². The van der Waals surface area contributed by atoms with Gasteiger partial charge in [0.25, 0.3) is 0 Å². The van der Waals surface area contributed by atoms with Crippen LogP contribution in [0.1, 0.15) is 45.3 Å². The third-order valence-corrected chi connectivity index (χ3v) is 4.40. The molecule has 0 bridgehead atoms. The van der Waals surface area contributed by atoms with Gasteiger partial charge in [-0.15, -0.1) is 6.58 Å². The van der Waals surface area contributed by atoms with Crippen molar-refractivity contribution in [2.45, 2.75) is 63.8 Å². The van der Waals surface area contributed by atoms with Crippen molar-refractivity contribution in [1.82, 2.24) is 19.5 Å². The van der Waals surface area contributed by atoms with E-state index in [1.54, 1.807) is 6.08 Å². The number of nitrogen functional groups attached to an aromatic ring is 1. The Bertz CT molecular complexity index is 757. The summed E-state index contributed by atoms with van der Waals surface area (Å²) in [6.45, 7) is 5.47. The molecule has 0 amide bonds. The van der Waals surface area contributed by atoms with E-state index in [1.807, 2.05) is 6.92 Å². The molecule has 0 unspecified atom stereocenters. The molecule has 9 heteroatoms. The quantitative estimate of drug-likeness (QED) is 0.476. The largest absolute Gasteiger partial charge is 0.460 e. The third kappa shape index (κ3) is 3.95. The molecule has 0 spiro atoms. The van der Waals surface area contributed by atoms with Crippen molar-refractivity contribution in [1.29, 1.82) is 0 Å². The van der Waals surface area contributed by atoms with Gasteiger partial charge in [0.2, 0.25) is 0 Å². The van der Waals surface area contributed by atoms with Gasteiger partial charge in [0.1, 0.15) is 6.10 Å². The number of ether oxygens (including phenoxy) is 2. The van der Waals surface area contributed by atoms with E-state index >= 15 is 0 Å². The van der Waals surface area contributed by atoms with Gasteiger partial charge in [-0.25, -0.2) is 4.98 Å². The molecule has 2 heterocycles. The van der Waals surface area contributed by atoms with Crippen LogP contribution in [-0.2, 0) is 4.74 Å². The molecule has 0 saturated heterocycles. The van der Waals surface area contributed by atoms with Gasteiger partial charge in [0.15, 0.2) is 29.5 Å². The van der Waals surface area contributed by atoms with Gasteiger partial charge >= 0.3 is 6.01 Å². The van der Waals surface area contributed by atoms with Gasteiger partial charge < -0.3 is 25.4 Å². The minimum absolute atomic E-state index is 0.0753. The minimum Gasteiger partial charge on any atom is -0.460 e. The number of hydrogen-bond acceptors (Lipinski definition) is 8. The van der Waals surface area contributed by atoms with Crippen molar-refractivity contribution in [2.24, 2.45) is 0 Å². The molecule has 4 N–H and O–H groups in total. The molecule has 1 aliphatic carbocycles. The van der Waals surface area contributed by atoms with E-state index in [2.05, 4.69) is 21.5 Å². The van der Waals surface area contributed by atoms with Crippen LogP contribution >= 0.6 is 0 Å². The van der Waals surface area contributed by atoms with E-state index in [-0.39, 0.29) is 24.0 Å². The van der Waals surface area contributed by atoms with E-state index in [9.17, 15) is 10.2 Å². The Kier molecular flexibility index (Phi) is 5.70. The van der Waals surface area contributed by atoms with Crippen molar-refractivity contribution in [3.8, 4) is 6.01 Å². The van der Waals surface area contributed by atoms with Crippen molar-refractivity contribution in [3.05, 3.63) is 19.0 Å². The lowest BCUT2D eigenvalue weighted by atomic mass is 10.3. The fourth-order valence-electron chi connectivity index (χ4n) is 3.12. The van der Waals surface area contributed by atoms with Crippen molar-refractivity contribution >= 4 is 17.0 Å². The maximum atomic E-state index is 9.78. The van der Waals surface area contributed by atoms with Crippen LogP contribution in [0.25, 0.3) is 11.2 Å². The van der Waals surface area contributed by atoms with Crippen LogP contribution in [0.4, 0.5) is 5.82 Å². The lowest BCUT2D eigenvalue weighted by molar-refractivity contribution is -0.191. The Hall–Kier alpha value is -2.23. The van der Waals surface area contributed by atoms with E-state index in [0.717, 1.165) is 25.7 Å². The third-order valence-electron chi connectivity index (χ3n) is 4.40. The standard InChI is InChI=1S/C17H25N5O4/c1-3-6-10(2)25-15(16(23)24)22-9-19-12-13(18)20-17(21-14(12)22)26-11-7-4-5-8-11/h3,9-11,15-16,23-24H,1,4-8H2,2H3,(H2,18,20,21)/t10-,15-/m1/s1. The maximum Gasteiger partial charge on any atom is 0.320 e. The van der Waals surface area contributed by atoms with Crippen molar-refractivity contribution in [3.63, 3.8) is 0 Å². The Labute approximate surface area is 151 Å². The van der Waals surface area contributed by atoms with Crippen LogP contribution in [0.3, 0.4) is 0 Å². The molecular formula is C17H25N5O4. The molecular weight excluding hydrogens is 338 g/mol. The van der Waals surface area contributed by atoms with Crippen LogP contribution in [0.15, 0.2) is 19.0 Å².